The van der Waals surface area contributed by atoms with E-state index in [9.17, 15) is 4.79 Å². The highest BCUT2D eigenvalue weighted by atomic mass is 127. The molecule has 0 bridgehead atoms. The van der Waals surface area contributed by atoms with Crippen LogP contribution in [0.1, 0.15) is 75.1 Å². The number of hydrogen-bond donors (Lipinski definition) is 0. The van der Waals surface area contributed by atoms with E-state index in [0.717, 1.165) is 12.0 Å². The van der Waals surface area contributed by atoms with Gasteiger partial charge < -0.3 is 0 Å². The molecule has 0 saturated heterocycles. The van der Waals surface area contributed by atoms with E-state index in [2.05, 4.69) is 29.5 Å². The van der Waals surface area contributed by atoms with Gasteiger partial charge in [0, 0.05) is 15.6 Å². The minimum absolute atomic E-state index is 0.294. The Morgan fingerprint density at radius 1 is 0.895 bits per heavy atom. The van der Waals surface area contributed by atoms with Crippen molar-refractivity contribution in [3.05, 3.63) is 33.4 Å². The third kappa shape index (κ3) is 7.71. The highest BCUT2D eigenvalue weighted by molar-refractivity contribution is 14.1. The molecule has 0 aliphatic rings. The normalized spacial score (nSPS) is 10.6. The lowest BCUT2D eigenvalue weighted by Crippen LogP contribution is -1.98. The molecule has 1 rings (SSSR count). The molecule has 0 atom stereocenters. The molecule has 0 N–H and O–H groups in total. The van der Waals surface area contributed by atoms with Gasteiger partial charge in [-0.1, -0.05) is 64.0 Å². The summed E-state index contributed by atoms with van der Waals surface area (Å²) < 4.78 is 1.18. The Labute approximate surface area is 131 Å². The molecule has 0 radical (unpaired) electrons. The fourth-order valence-corrected chi connectivity index (χ4v) is 2.56. The monoisotopic (exact) mass is 372 g/mol. The summed E-state index contributed by atoms with van der Waals surface area (Å²) in [5, 5.41) is 0. The van der Waals surface area contributed by atoms with Gasteiger partial charge in [-0.25, -0.2) is 0 Å². The van der Waals surface area contributed by atoms with E-state index >= 15 is 0 Å². The average Bonchev–Trinajstić information content (AvgIpc) is 2.42. The summed E-state index contributed by atoms with van der Waals surface area (Å²) >= 11 is 2.26. The molecular weight excluding hydrogens is 347 g/mol. The second-order valence-electron chi connectivity index (χ2n) is 5.15. The zero-order valence-corrected chi connectivity index (χ0v) is 14.1. The highest BCUT2D eigenvalue weighted by Crippen LogP contribution is 2.13. The number of rotatable bonds is 10. The van der Waals surface area contributed by atoms with Gasteiger partial charge in [0.1, 0.15) is 0 Å². The molecule has 19 heavy (non-hydrogen) atoms. The summed E-state index contributed by atoms with van der Waals surface area (Å²) in [4.78, 5) is 11.9. The summed E-state index contributed by atoms with van der Waals surface area (Å²) in [6.07, 6.45) is 11.0. The molecule has 0 unspecified atom stereocenters. The number of benzene rings is 1. The first-order valence-electron chi connectivity index (χ1n) is 7.53. The van der Waals surface area contributed by atoms with E-state index in [1.165, 1.54) is 48.5 Å². The third-order valence-corrected chi connectivity index (χ3v) is 4.14. The molecule has 0 heterocycles. The van der Waals surface area contributed by atoms with Crippen LogP contribution in [0, 0.1) is 3.57 Å². The standard InChI is InChI=1S/C17H25IO/c1-2-3-4-5-6-7-8-9-10-17(19)15-11-13-16(18)14-12-15/h11-14H,2-10H2,1H3. The molecule has 0 amide bonds. The van der Waals surface area contributed by atoms with E-state index < -0.39 is 0 Å². The van der Waals surface area contributed by atoms with Crippen LogP contribution in [-0.4, -0.2) is 5.78 Å². The van der Waals surface area contributed by atoms with Crippen LogP contribution >= 0.6 is 22.6 Å². The highest BCUT2D eigenvalue weighted by Gasteiger charge is 2.04. The fourth-order valence-electron chi connectivity index (χ4n) is 2.20. The van der Waals surface area contributed by atoms with Crippen molar-refractivity contribution in [3.63, 3.8) is 0 Å². The van der Waals surface area contributed by atoms with Crippen LogP contribution in [-0.2, 0) is 0 Å². The van der Waals surface area contributed by atoms with Crippen LogP contribution in [0.15, 0.2) is 24.3 Å². The van der Waals surface area contributed by atoms with Gasteiger partial charge in [-0.3, -0.25) is 4.79 Å². The predicted octanol–water partition coefficient (Wildman–Crippen LogP) is 6.00. The molecule has 2 heteroatoms. The second kappa shape index (κ2) is 10.4. The van der Waals surface area contributed by atoms with E-state index in [1.54, 1.807) is 0 Å². The number of ketones is 1. The lowest BCUT2D eigenvalue weighted by atomic mass is 10.0. The zero-order valence-electron chi connectivity index (χ0n) is 12.0. The molecule has 0 aliphatic carbocycles. The molecule has 1 aromatic carbocycles. The Morgan fingerprint density at radius 2 is 1.42 bits per heavy atom. The van der Waals surface area contributed by atoms with E-state index in [4.69, 9.17) is 0 Å². The quantitative estimate of drug-likeness (QED) is 0.279. The van der Waals surface area contributed by atoms with Crippen molar-refractivity contribution in [2.24, 2.45) is 0 Å². The van der Waals surface area contributed by atoms with Crippen molar-refractivity contribution in [1.82, 2.24) is 0 Å². The smallest absolute Gasteiger partial charge is 0.162 e. The van der Waals surface area contributed by atoms with Crippen LogP contribution in [0.3, 0.4) is 0 Å². The maximum Gasteiger partial charge on any atom is 0.162 e. The molecule has 0 aliphatic heterocycles. The summed E-state index contributed by atoms with van der Waals surface area (Å²) in [7, 11) is 0. The van der Waals surface area contributed by atoms with Crippen molar-refractivity contribution in [2.45, 2.75) is 64.7 Å². The summed E-state index contributed by atoms with van der Waals surface area (Å²) in [6, 6.07) is 7.88. The van der Waals surface area contributed by atoms with Crippen molar-refractivity contribution < 1.29 is 4.79 Å². The van der Waals surface area contributed by atoms with Gasteiger partial charge in [-0.15, -0.1) is 0 Å². The number of unbranched alkanes of at least 4 members (excludes halogenated alkanes) is 7. The van der Waals surface area contributed by atoms with Crippen molar-refractivity contribution in [2.75, 3.05) is 0 Å². The van der Waals surface area contributed by atoms with Gasteiger partial charge in [0.2, 0.25) is 0 Å². The SMILES string of the molecule is CCCCCCCCCCC(=O)c1ccc(I)cc1. The molecule has 0 saturated carbocycles. The number of halogens is 1. The van der Waals surface area contributed by atoms with Gasteiger partial charge in [0.25, 0.3) is 0 Å². The molecular formula is C17H25IO. The van der Waals surface area contributed by atoms with Crippen LogP contribution in [0.4, 0.5) is 0 Å². The van der Waals surface area contributed by atoms with Gasteiger partial charge in [-0.05, 0) is 41.1 Å². The Hall–Kier alpha value is -0.380. The van der Waals surface area contributed by atoms with Crippen LogP contribution in [0.5, 0.6) is 0 Å². The minimum atomic E-state index is 0.294. The lowest BCUT2D eigenvalue weighted by Gasteiger charge is -2.02. The van der Waals surface area contributed by atoms with E-state index in [1.807, 2.05) is 24.3 Å². The lowest BCUT2D eigenvalue weighted by molar-refractivity contribution is 0.0979. The average molecular weight is 372 g/mol. The summed E-state index contributed by atoms with van der Waals surface area (Å²) in [5.41, 5.74) is 0.864. The minimum Gasteiger partial charge on any atom is -0.294 e. The largest absolute Gasteiger partial charge is 0.294 e. The Kier molecular flexibility index (Phi) is 9.14. The number of hydrogen-bond acceptors (Lipinski definition) is 1. The predicted molar refractivity (Wildman–Crippen MR) is 90.7 cm³/mol. The van der Waals surface area contributed by atoms with Crippen molar-refractivity contribution >= 4 is 28.4 Å². The van der Waals surface area contributed by atoms with Crippen LogP contribution in [0.25, 0.3) is 0 Å². The molecule has 0 spiro atoms. The third-order valence-electron chi connectivity index (χ3n) is 3.42. The van der Waals surface area contributed by atoms with Gasteiger partial charge in [-0.2, -0.15) is 0 Å². The number of carbonyl (C=O) groups excluding carboxylic acids is 1. The Balaban J connectivity index is 2.06. The molecule has 0 fully saturated rings. The first-order chi connectivity index (χ1) is 9.24. The van der Waals surface area contributed by atoms with E-state index in [-0.39, 0.29) is 0 Å². The Morgan fingerprint density at radius 3 is 2.00 bits per heavy atom. The maximum atomic E-state index is 11.9. The molecule has 1 nitrogen and oxygen atoms in total. The van der Waals surface area contributed by atoms with Crippen molar-refractivity contribution in [1.29, 1.82) is 0 Å². The van der Waals surface area contributed by atoms with Crippen molar-refractivity contribution in [3.8, 4) is 0 Å². The van der Waals surface area contributed by atoms with Crippen LogP contribution in [0.2, 0.25) is 0 Å². The summed E-state index contributed by atoms with van der Waals surface area (Å²) in [5.74, 6) is 0.294. The number of Topliss-reactive ketones (excluding diaryl/α,β-unsaturated/α-hetero) is 1. The van der Waals surface area contributed by atoms with Crippen LogP contribution < -0.4 is 0 Å². The first kappa shape index (κ1) is 16.7. The maximum absolute atomic E-state index is 11.9. The molecule has 0 aromatic heterocycles. The molecule has 106 valence electrons. The Bertz CT molecular complexity index is 356. The van der Waals surface area contributed by atoms with Gasteiger partial charge in [0.05, 0.1) is 0 Å². The topological polar surface area (TPSA) is 17.1 Å². The van der Waals surface area contributed by atoms with E-state index in [0.29, 0.717) is 12.2 Å². The second-order valence-corrected chi connectivity index (χ2v) is 6.40. The number of carbonyl (C=O) groups is 1. The summed E-state index contributed by atoms with van der Waals surface area (Å²) in [6.45, 7) is 2.25. The zero-order chi connectivity index (χ0) is 13.9. The first-order valence-corrected chi connectivity index (χ1v) is 8.60. The fraction of sp³-hybridized carbons (Fsp3) is 0.588. The van der Waals surface area contributed by atoms with Gasteiger partial charge >= 0.3 is 0 Å². The molecule has 1 aromatic rings. The van der Waals surface area contributed by atoms with Gasteiger partial charge in [0.15, 0.2) is 5.78 Å².